The highest BCUT2D eigenvalue weighted by molar-refractivity contribution is 9.10. The Labute approximate surface area is 116 Å². The second-order valence-electron chi connectivity index (χ2n) is 3.79. The summed E-state index contributed by atoms with van der Waals surface area (Å²) in [5.74, 6) is -1.54. The summed E-state index contributed by atoms with van der Waals surface area (Å²) in [6.07, 6.45) is 0. The smallest absolute Gasteiger partial charge is 0.358 e. The summed E-state index contributed by atoms with van der Waals surface area (Å²) in [4.78, 5) is 10.9. The highest BCUT2D eigenvalue weighted by Crippen LogP contribution is 2.19. The molecule has 0 aliphatic heterocycles. The number of carboxylic acids is 1. The molecule has 0 aliphatic carbocycles. The molecule has 0 amide bonds. The molecule has 0 fully saturated rings. The predicted octanol–water partition coefficient (Wildman–Crippen LogP) is 1.38. The third-order valence-electron chi connectivity index (χ3n) is 2.57. The van der Waals surface area contributed by atoms with Gasteiger partial charge in [0.1, 0.15) is 5.82 Å². The monoisotopic (exact) mass is 328 g/mol. The number of halogens is 2. The molecule has 0 unspecified atom stereocenters. The van der Waals surface area contributed by atoms with Crippen molar-refractivity contribution in [2.75, 3.05) is 0 Å². The van der Waals surface area contributed by atoms with Crippen molar-refractivity contribution in [1.82, 2.24) is 15.0 Å². The van der Waals surface area contributed by atoms with Gasteiger partial charge in [0.15, 0.2) is 5.69 Å². The molecule has 1 aromatic carbocycles. The number of aromatic nitrogens is 3. The van der Waals surface area contributed by atoms with E-state index in [0.29, 0.717) is 10.2 Å². The highest BCUT2D eigenvalue weighted by atomic mass is 79.9. The minimum Gasteiger partial charge on any atom is -0.476 e. The first-order valence-corrected chi connectivity index (χ1v) is 6.12. The van der Waals surface area contributed by atoms with Crippen LogP contribution in [-0.4, -0.2) is 26.1 Å². The molecule has 0 bridgehead atoms. The lowest BCUT2D eigenvalue weighted by Crippen LogP contribution is -2.13. The Hall–Kier alpha value is -1.80. The van der Waals surface area contributed by atoms with E-state index in [-0.39, 0.29) is 24.6 Å². The van der Waals surface area contributed by atoms with Crippen LogP contribution < -0.4 is 5.73 Å². The molecule has 19 heavy (non-hydrogen) atoms. The van der Waals surface area contributed by atoms with Gasteiger partial charge in [0, 0.05) is 11.0 Å². The molecule has 1 heterocycles. The molecule has 3 N–H and O–H groups in total. The molecule has 100 valence electrons. The Bertz CT molecular complexity index is 629. The van der Waals surface area contributed by atoms with E-state index >= 15 is 0 Å². The maximum absolute atomic E-state index is 13.0. The Morgan fingerprint density at radius 2 is 2.26 bits per heavy atom. The summed E-state index contributed by atoms with van der Waals surface area (Å²) in [7, 11) is 0. The van der Waals surface area contributed by atoms with Gasteiger partial charge < -0.3 is 10.8 Å². The summed E-state index contributed by atoms with van der Waals surface area (Å²) in [5.41, 5.74) is 6.42. The Morgan fingerprint density at radius 3 is 2.84 bits per heavy atom. The van der Waals surface area contributed by atoms with Gasteiger partial charge in [-0.2, -0.15) is 0 Å². The van der Waals surface area contributed by atoms with E-state index in [1.807, 2.05) is 0 Å². The molecular weight excluding hydrogens is 319 g/mol. The molecule has 0 radical (unpaired) electrons. The second-order valence-corrected chi connectivity index (χ2v) is 4.64. The number of hydrogen-bond acceptors (Lipinski definition) is 4. The second kappa shape index (κ2) is 5.45. The van der Waals surface area contributed by atoms with E-state index in [0.717, 1.165) is 5.56 Å². The fourth-order valence-electron chi connectivity index (χ4n) is 1.64. The number of carbonyl (C=O) groups is 1. The van der Waals surface area contributed by atoms with E-state index in [9.17, 15) is 9.18 Å². The van der Waals surface area contributed by atoms with E-state index in [1.165, 1.54) is 16.8 Å². The molecular formula is C11H10BrFN4O2. The number of nitrogens with zero attached hydrogens (tertiary/aromatic N) is 3. The summed E-state index contributed by atoms with van der Waals surface area (Å²) in [5, 5.41) is 16.3. The minimum absolute atomic E-state index is 0.00739. The average molecular weight is 329 g/mol. The SMILES string of the molecule is NCc1c(C(=O)O)nnn1Cc1ccc(F)cc1Br. The van der Waals surface area contributed by atoms with Crippen molar-refractivity contribution < 1.29 is 14.3 Å². The van der Waals surface area contributed by atoms with Crippen molar-refractivity contribution >= 4 is 21.9 Å². The van der Waals surface area contributed by atoms with Crippen LogP contribution in [0.5, 0.6) is 0 Å². The van der Waals surface area contributed by atoms with Crippen LogP contribution in [0, 0.1) is 5.82 Å². The lowest BCUT2D eigenvalue weighted by molar-refractivity contribution is 0.0689. The zero-order valence-electron chi connectivity index (χ0n) is 9.68. The quantitative estimate of drug-likeness (QED) is 0.884. The van der Waals surface area contributed by atoms with Crippen LogP contribution in [0.4, 0.5) is 4.39 Å². The van der Waals surface area contributed by atoms with Gasteiger partial charge in [-0.1, -0.05) is 27.2 Å². The van der Waals surface area contributed by atoms with Crippen molar-refractivity contribution in [2.24, 2.45) is 5.73 Å². The van der Waals surface area contributed by atoms with Gasteiger partial charge in [-0.3, -0.25) is 0 Å². The number of carboxylic acid groups (broad SMARTS) is 1. The molecule has 2 aromatic rings. The van der Waals surface area contributed by atoms with Crippen LogP contribution in [-0.2, 0) is 13.1 Å². The maximum atomic E-state index is 13.0. The maximum Gasteiger partial charge on any atom is 0.358 e. The molecule has 0 aliphatic rings. The molecule has 0 atom stereocenters. The first-order chi connectivity index (χ1) is 9.02. The van der Waals surface area contributed by atoms with Crippen molar-refractivity contribution in [1.29, 1.82) is 0 Å². The standard InChI is InChI=1S/C11H10BrFN4O2/c12-8-3-7(13)2-1-6(8)5-17-9(4-14)10(11(18)19)15-16-17/h1-3H,4-5,14H2,(H,18,19). The number of aromatic carboxylic acids is 1. The average Bonchev–Trinajstić information content (AvgIpc) is 2.75. The summed E-state index contributed by atoms with van der Waals surface area (Å²) < 4.78 is 14.9. The third-order valence-corrected chi connectivity index (χ3v) is 3.31. The molecule has 8 heteroatoms. The predicted molar refractivity (Wildman–Crippen MR) is 68.1 cm³/mol. The first kappa shape index (κ1) is 13.6. The van der Waals surface area contributed by atoms with Crippen LogP contribution in [0.25, 0.3) is 0 Å². The first-order valence-electron chi connectivity index (χ1n) is 5.32. The molecule has 0 spiro atoms. The van der Waals surface area contributed by atoms with Gasteiger partial charge in [0.2, 0.25) is 0 Å². The molecule has 0 saturated heterocycles. The van der Waals surface area contributed by atoms with Crippen molar-refractivity contribution in [3.8, 4) is 0 Å². The van der Waals surface area contributed by atoms with E-state index in [1.54, 1.807) is 6.07 Å². The van der Waals surface area contributed by atoms with Gasteiger partial charge in [0.25, 0.3) is 0 Å². The minimum atomic E-state index is -1.18. The van der Waals surface area contributed by atoms with E-state index in [4.69, 9.17) is 10.8 Å². The Balaban J connectivity index is 2.35. The van der Waals surface area contributed by atoms with Crippen LogP contribution >= 0.6 is 15.9 Å². The normalized spacial score (nSPS) is 10.7. The number of nitrogens with two attached hydrogens (primary N) is 1. The van der Waals surface area contributed by atoms with Gasteiger partial charge in [-0.15, -0.1) is 5.10 Å². The molecule has 6 nitrogen and oxygen atoms in total. The van der Waals surface area contributed by atoms with Crippen LogP contribution in [0.1, 0.15) is 21.7 Å². The van der Waals surface area contributed by atoms with Crippen LogP contribution in [0.3, 0.4) is 0 Å². The van der Waals surface area contributed by atoms with Gasteiger partial charge in [0.05, 0.1) is 12.2 Å². The largest absolute Gasteiger partial charge is 0.476 e. The van der Waals surface area contributed by atoms with Crippen molar-refractivity contribution in [2.45, 2.75) is 13.1 Å². The van der Waals surface area contributed by atoms with Crippen molar-refractivity contribution in [3.63, 3.8) is 0 Å². The van der Waals surface area contributed by atoms with Crippen LogP contribution in [0.15, 0.2) is 22.7 Å². The summed E-state index contributed by atoms with van der Waals surface area (Å²) in [6, 6.07) is 4.23. The summed E-state index contributed by atoms with van der Waals surface area (Å²) in [6.45, 7) is 0.265. The van der Waals surface area contributed by atoms with E-state index < -0.39 is 5.97 Å². The molecule has 2 rings (SSSR count). The molecule has 0 saturated carbocycles. The lowest BCUT2D eigenvalue weighted by Gasteiger charge is -2.07. The zero-order chi connectivity index (χ0) is 14.0. The van der Waals surface area contributed by atoms with Crippen LogP contribution in [0.2, 0.25) is 0 Å². The highest BCUT2D eigenvalue weighted by Gasteiger charge is 2.18. The number of rotatable bonds is 4. The zero-order valence-corrected chi connectivity index (χ0v) is 11.3. The van der Waals surface area contributed by atoms with Gasteiger partial charge in [-0.25, -0.2) is 13.9 Å². The van der Waals surface area contributed by atoms with E-state index in [2.05, 4.69) is 26.2 Å². The molecule has 1 aromatic heterocycles. The summed E-state index contributed by atoms with van der Waals surface area (Å²) >= 11 is 3.24. The number of hydrogen-bond donors (Lipinski definition) is 2. The Morgan fingerprint density at radius 1 is 1.53 bits per heavy atom. The fourth-order valence-corrected chi connectivity index (χ4v) is 2.12. The topological polar surface area (TPSA) is 94.0 Å². The third kappa shape index (κ3) is 2.79. The number of benzene rings is 1. The van der Waals surface area contributed by atoms with Crippen molar-refractivity contribution in [3.05, 3.63) is 45.4 Å². The van der Waals surface area contributed by atoms with Gasteiger partial charge >= 0.3 is 5.97 Å². The lowest BCUT2D eigenvalue weighted by atomic mass is 10.2. The van der Waals surface area contributed by atoms with Gasteiger partial charge in [-0.05, 0) is 17.7 Å². The fraction of sp³-hybridized carbons (Fsp3) is 0.182. The Kier molecular flexibility index (Phi) is 3.91.